The number of carbonyl (C=O) groups is 2. The van der Waals surface area contributed by atoms with Gasteiger partial charge in [0, 0.05) is 26.6 Å². The second kappa shape index (κ2) is 8.87. The summed E-state index contributed by atoms with van der Waals surface area (Å²) in [5, 5.41) is 2.88. The van der Waals surface area contributed by atoms with Gasteiger partial charge in [-0.15, -0.1) is 0 Å². The molecular weight excluding hydrogens is 300 g/mol. The van der Waals surface area contributed by atoms with Gasteiger partial charge in [0.15, 0.2) is 0 Å². The third-order valence-corrected chi connectivity index (χ3v) is 3.85. The molecule has 24 heavy (non-hydrogen) atoms. The van der Waals surface area contributed by atoms with E-state index in [0.29, 0.717) is 26.1 Å². The van der Waals surface area contributed by atoms with E-state index in [2.05, 4.69) is 5.32 Å². The van der Waals surface area contributed by atoms with Gasteiger partial charge in [-0.1, -0.05) is 60.2 Å². The number of benzene rings is 2. The van der Waals surface area contributed by atoms with E-state index in [9.17, 15) is 9.59 Å². The third-order valence-electron chi connectivity index (χ3n) is 3.85. The van der Waals surface area contributed by atoms with Crippen LogP contribution in [0.3, 0.4) is 0 Å². The second-order valence-corrected chi connectivity index (χ2v) is 5.94. The first-order chi connectivity index (χ1) is 11.5. The molecular formula is C20H24N2O2. The predicted octanol–water partition coefficient (Wildman–Crippen LogP) is 2.70. The molecule has 0 saturated heterocycles. The maximum atomic E-state index is 11.9. The van der Waals surface area contributed by atoms with Crippen LogP contribution in [0, 0.1) is 6.92 Å². The number of amides is 2. The number of nitrogens with one attached hydrogen (secondary N) is 1. The fourth-order valence-electron chi connectivity index (χ4n) is 2.44. The Morgan fingerprint density at radius 2 is 1.62 bits per heavy atom. The first-order valence-corrected chi connectivity index (χ1v) is 8.16. The maximum Gasteiger partial charge on any atom is 0.224 e. The quantitative estimate of drug-likeness (QED) is 0.851. The van der Waals surface area contributed by atoms with E-state index >= 15 is 0 Å². The predicted molar refractivity (Wildman–Crippen MR) is 95.4 cm³/mol. The molecule has 0 fully saturated rings. The highest BCUT2D eigenvalue weighted by molar-refractivity contribution is 5.78. The highest BCUT2D eigenvalue weighted by atomic mass is 16.2. The molecule has 0 aliphatic rings. The van der Waals surface area contributed by atoms with Gasteiger partial charge in [0.05, 0.1) is 6.42 Å². The largest absolute Gasteiger partial charge is 0.354 e. The Bertz CT molecular complexity index is 666. The number of rotatable bonds is 7. The van der Waals surface area contributed by atoms with E-state index < -0.39 is 0 Å². The van der Waals surface area contributed by atoms with Crippen LogP contribution in [0.15, 0.2) is 54.6 Å². The monoisotopic (exact) mass is 324 g/mol. The van der Waals surface area contributed by atoms with Gasteiger partial charge >= 0.3 is 0 Å². The van der Waals surface area contributed by atoms with Crippen LogP contribution in [0.5, 0.6) is 0 Å². The van der Waals surface area contributed by atoms with Crippen LogP contribution in [0.25, 0.3) is 0 Å². The van der Waals surface area contributed by atoms with E-state index in [-0.39, 0.29) is 11.8 Å². The molecule has 4 heteroatoms. The maximum absolute atomic E-state index is 11.9. The lowest BCUT2D eigenvalue weighted by molar-refractivity contribution is -0.130. The van der Waals surface area contributed by atoms with Gasteiger partial charge in [0.25, 0.3) is 0 Å². The summed E-state index contributed by atoms with van der Waals surface area (Å²) in [5.74, 6) is -0.0204. The van der Waals surface area contributed by atoms with Crippen molar-refractivity contribution in [3.8, 4) is 0 Å². The molecule has 0 bridgehead atoms. The molecule has 126 valence electrons. The van der Waals surface area contributed by atoms with Gasteiger partial charge in [-0.3, -0.25) is 9.59 Å². The van der Waals surface area contributed by atoms with Crippen molar-refractivity contribution in [3.05, 3.63) is 71.3 Å². The highest BCUT2D eigenvalue weighted by Gasteiger charge is 2.10. The minimum atomic E-state index is -0.0277. The molecule has 0 heterocycles. The molecule has 4 nitrogen and oxygen atoms in total. The van der Waals surface area contributed by atoms with E-state index in [0.717, 1.165) is 11.1 Å². The van der Waals surface area contributed by atoms with Crippen LogP contribution < -0.4 is 5.32 Å². The zero-order valence-corrected chi connectivity index (χ0v) is 14.3. The van der Waals surface area contributed by atoms with Gasteiger partial charge in [-0.05, 0) is 18.1 Å². The molecule has 0 unspecified atom stereocenters. The van der Waals surface area contributed by atoms with Crippen LogP contribution in [0.4, 0.5) is 0 Å². The summed E-state index contributed by atoms with van der Waals surface area (Å²) >= 11 is 0. The molecule has 2 amide bonds. The number of hydrogen-bond acceptors (Lipinski definition) is 2. The Labute approximate surface area is 143 Å². The van der Waals surface area contributed by atoms with Crippen LogP contribution in [-0.4, -0.2) is 29.8 Å². The van der Waals surface area contributed by atoms with Crippen molar-refractivity contribution < 1.29 is 9.59 Å². The number of nitrogens with zero attached hydrogens (tertiary/aromatic N) is 1. The van der Waals surface area contributed by atoms with Crippen LogP contribution in [0.1, 0.15) is 23.6 Å². The summed E-state index contributed by atoms with van der Waals surface area (Å²) in [5.41, 5.74) is 3.27. The molecule has 0 radical (unpaired) electrons. The molecule has 2 aromatic carbocycles. The minimum Gasteiger partial charge on any atom is -0.354 e. The van der Waals surface area contributed by atoms with E-state index in [1.807, 2.05) is 61.5 Å². The van der Waals surface area contributed by atoms with Crippen molar-refractivity contribution in [2.45, 2.75) is 26.8 Å². The average molecular weight is 324 g/mol. The summed E-state index contributed by atoms with van der Waals surface area (Å²) in [4.78, 5) is 25.5. The summed E-state index contributed by atoms with van der Waals surface area (Å²) < 4.78 is 0. The standard InChI is InChI=1S/C20H24N2O2/c1-16-8-10-19(11-9-16)15-22(17(2)23)13-12-21-20(24)14-18-6-4-3-5-7-18/h3-11H,12-15H2,1-2H3,(H,21,24). The third kappa shape index (κ3) is 5.88. The van der Waals surface area contributed by atoms with Crippen molar-refractivity contribution in [3.63, 3.8) is 0 Å². The summed E-state index contributed by atoms with van der Waals surface area (Å²) in [7, 11) is 0. The highest BCUT2D eigenvalue weighted by Crippen LogP contribution is 2.07. The molecule has 0 aliphatic heterocycles. The molecule has 2 rings (SSSR count). The van der Waals surface area contributed by atoms with Crippen LogP contribution in [-0.2, 0) is 22.6 Å². The molecule has 0 saturated carbocycles. The van der Waals surface area contributed by atoms with Gasteiger partial charge in [0.1, 0.15) is 0 Å². The van der Waals surface area contributed by atoms with Crippen molar-refractivity contribution in [2.24, 2.45) is 0 Å². The average Bonchev–Trinajstić information content (AvgIpc) is 2.56. The van der Waals surface area contributed by atoms with Gasteiger partial charge in [0.2, 0.25) is 11.8 Å². The van der Waals surface area contributed by atoms with Crippen molar-refractivity contribution >= 4 is 11.8 Å². The van der Waals surface area contributed by atoms with Crippen molar-refractivity contribution in [1.29, 1.82) is 0 Å². The summed E-state index contributed by atoms with van der Waals surface area (Å²) in [6.07, 6.45) is 0.360. The fraction of sp³-hybridized carbons (Fsp3) is 0.300. The number of carbonyl (C=O) groups excluding carboxylic acids is 2. The Morgan fingerprint density at radius 3 is 2.25 bits per heavy atom. The van der Waals surface area contributed by atoms with E-state index in [1.54, 1.807) is 11.8 Å². The van der Waals surface area contributed by atoms with Crippen LogP contribution >= 0.6 is 0 Å². The number of aryl methyl sites for hydroxylation is 1. The summed E-state index contributed by atoms with van der Waals surface area (Å²) in [6.45, 7) is 5.11. The van der Waals surface area contributed by atoms with E-state index in [4.69, 9.17) is 0 Å². The van der Waals surface area contributed by atoms with Crippen molar-refractivity contribution in [2.75, 3.05) is 13.1 Å². The lowest BCUT2D eigenvalue weighted by atomic mass is 10.1. The van der Waals surface area contributed by atoms with E-state index in [1.165, 1.54) is 5.56 Å². The zero-order valence-electron chi connectivity index (χ0n) is 14.3. The number of hydrogen-bond donors (Lipinski definition) is 1. The minimum absolute atomic E-state index is 0.00730. The Hall–Kier alpha value is -2.62. The zero-order chi connectivity index (χ0) is 17.4. The molecule has 0 spiro atoms. The SMILES string of the molecule is CC(=O)N(CCNC(=O)Cc1ccccc1)Cc1ccc(C)cc1. The van der Waals surface area contributed by atoms with Gasteiger partial charge in [-0.2, -0.15) is 0 Å². The van der Waals surface area contributed by atoms with Crippen LogP contribution in [0.2, 0.25) is 0 Å². The molecule has 0 aliphatic carbocycles. The normalized spacial score (nSPS) is 10.2. The first-order valence-electron chi connectivity index (χ1n) is 8.16. The van der Waals surface area contributed by atoms with Gasteiger partial charge in [-0.25, -0.2) is 0 Å². The molecule has 1 N–H and O–H groups in total. The molecule has 2 aromatic rings. The lowest BCUT2D eigenvalue weighted by Crippen LogP contribution is -2.37. The first kappa shape index (κ1) is 17.7. The topological polar surface area (TPSA) is 49.4 Å². The Balaban J connectivity index is 1.80. The van der Waals surface area contributed by atoms with Gasteiger partial charge < -0.3 is 10.2 Å². The molecule has 0 atom stereocenters. The second-order valence-electron chi connectivity index (χ2n) is 5.94. The smallest absolute Gasteiger partial charge is 0.224 e. The fourth-order valence-corrected chi connectivity index (χ4v) is 2.44. The summed E-state index contributed by atoms with van der Waals surface area (Å²) in [6, 6.07) is 17.8. The molecule has 0 aromatic heterocycles. The lowest BCUT2D eigenvalue weighted by Gasteiger charge is -2.21. The Kier molecular flexibility index (Phi) is 6.55. The Morgan fingerprint density at radius 1 is 0.958 bits per heavy atom. The van der Waals surface area contributed by atoms with Crippen molar-refractivity contribution in [1.82, 2.24) is 10.2 Å².